The van der Waals surface area contributed by atoms with Gasteiger partial charge >= 0.3 is 6.09 Å². The molecule has 0 saturated carbocycles. The van der Waals surface area contributed by atoms with Crippen LogP contribution >= 0.6 is 0 Å². The first-order valence-electron chi connectivity index (χ1n) is 14.2. The molecule has 11 heteroatoms. The van der Waals surface area contributed by atoms with E-state index in [-0.39, 0.29) is 11.8 Å². The molecule has 2 saturated heterocycles. The molecule has 6 rings (SSSR count). The van der Waals surface area contributed by atoms with Crippen molar-refractivity contribution < 1.29 is 23.8 Å². The van der Waals surface area contributed by atoms with Gasteiger partial charge in [-0.15, -0.1) is 0 Å². The van der Waals surface area contributed by atoms with E-state index in [2.05, 4.69) is 21.8 Å². The van der Waals surface area contributed by atoms with E-state index in [0.717, 1.165) is 31.9 Å². The fourth-order valence-corrected chi connectivity index (χ4v) is 5.41. The van der Waals surface area contributed by atoms with E-state index in [1.807, 2.05) is 36.4 Å². The Kier molecular flexibility index (Phi) is 7.83. The van der Waals surface area contributed by atoms with Crippen LogP contribution in [-0.4, -0.2) is 97.6 Å². The molecule has 2 fully saturated rings. The van der Waals surface area contributed by atoms with E-state index in [4.69, 9.17) is 9.73 Å². The third kappa shape index (κ3) is 5.95. The van der Waals surface area contributed by atoms with E-state index in [1.165, 1.54) is 12.1 Å². The molecule has 2 aliphatic rings. The van der Waals surface area contributed by atoms with Crippen LogP contribution in [0.2, 0.25) is 0 Å². The lowest BCUT2D eigenvalue weighted by Crippen LogP contribution is -2.48. The van der Waals surface area contributed by atoms with E-state index >= 15 is 0 Å². The van der Waals surface area contributed by atoms with Crippen LogP contribution in [0.5, 0.6) is 5.88 Å². The highest BCUT2D eigenvalue weighted by Gasteiger charge is 2.25. The molecule has 0 spiro atoms. The van der Waals surface area contributed by atoms with Gasteiger partial charge < -0.3 is 24.6 Å². The van der Waals surface area contributed by atoms with E-state index in [9.17, 15) is 19.1 Å². The summed E-state index contributed by atoms with van der Waals surface area (Å²) in [5.74, 6) is -0.556. The Hall–Kier alpha value is -4.74. The van der Waals surface area contributed by atoms with E-state index in [0.29, 0.717) is 58.8 Å². The Balaban J connectivity index is 1.31. The van der Waals surface area contributed by atoms with Crippen LogP contribution in [0.15, 0.2) is 71.7 Å². The minimum atomic E-state index is -0.428. The number of aliphatic imine (C=N–C) groups is 1. The van der Waals surface area contributed by atoms with Crippen molar-refractivity contribution in [2.24, 2.45) is 4.99 Å². The van der Waals surface area contributed by atoms with Crippen LogP contribution in [0.3, 0.4) is 0 Å². The highest BCUT2D eigenvalue weighted by atomic mass is 19.1. The number of nitrogens with one attached hydrogen (secondary N) is 1. The Labute approximate surface area is 248 Å². The van der Waals surface area contributed by atoms with Gasteiger partial charge in [-0.25, -0.2) is 14.2 Å². The molecule has 0 bridgehead atoms. The lowest BCUT2D eigenvalue weighted by atomic mass is 10.00. The van der Waals surface area contributed by atoms with Gasteiger partial charge in [-0.05, 0) is 61.6 Å². The predicted molar refractivity (Wildman–Crippen MR) is 164 cm³/mol. The average molecular weight is 585 g/mol. The second kappa shape index (κ2) is 11.9. The minimum Gasteiger partial charge on any atom is -0.494 e. The number of halogens is 1. The molecule has 0 radical (unpaired) electrons. The number of benzene rings is 3. The fraction of sp³-hybridized carbons (Fsp3) is 0.281. The van der Waals surface area contributed by atoms with Crippen LogP contribution in [0.25, 0.3) is 10.9 Å². The maximum atomic E-state index is 14.0. The van der Waals surface area contributed by atoms with Gasteiger partial charge in [-0.3, -0.25) is 14.6 Å². The van der Waals surface area contributed by atoms with E-state index < -0.39 is 11.9 Å². The first-order chi connectivity index (χ1) is 20.8. The zero-order valence-electron chi connectivity index (χ0n) is 24.1. The van der Waals surface area contributed by atoms with E-state index in [1.54, 1.807) is 35.0 Å². The van der Waals surface area contributed by atoms with Crippen LogP contribution in [0, 0.1) is 5.82 Å². The van der Waals surface area contributed by atoms with Crippen LogP contribution in [-0.2, 0) is 9.53 Å². The van der Waals surface area contributed by atoms with Crippen LogP contribution < -0.4 is 9.80 Å². The van der Waals surface area contributed by atoms with Crippen LogP contribution in [0.4, 0.5) is 26.2 Å². The molecule has 1 aromatic heterocycles. The Morgan fingerprint density at radius 2 is 1.74 bits per heavy atom. The number of amides is 2. The number of aromatic amines is 1. The van der Waals surface area contributed by atoms with Crippen molar-refractivity contribution in [1.29, 1.82) is 0 Å². The molecule has 222 valence electrons. The Morgan fingerprint density at radius 1 is 1.02 bits per heavy atom. The smallest absolute Gasteiger partial charge is 0.414 e. The summed E-state index contributed by atoms with van der Waals surface area (Å²) >= 11 is 0. The van der Waals surface area contributed by atoms with Crippen molar-refractivity contribution in [2.45, 2.75) is 0 Å². The van der Waals surface area contributed by atoms with Gasteiger partial charge in [0.2, 0.25) is 5.91 Å². The SMILES string of the molecule is CN1CCN(CC(=O)N(C)c2ccc(N=C(c3ccc(N4CCOC4=O)cc3)c3c(O)[nH]c4cc(F)ccc34)cc2)CC1. The number of rotatable bonds is 7. The summed E-state index contributed by atoms with van der Waals surface area (Å²) in [5.41, 5.74) is 4.02. The first kappa shape index (κ1) is 28.4. The molecule has 2 N–H and O–H groups in total. The van der Waals surface area contributed by atoms with Gasteiger partial charge in [0.05, 0.1) is 35.6 Å². The van der Waals surface area contributed by atoms with Gasteiger partial charge in [0, 0.05) is 55.6 Å². The van der Waals surface area contributed by atoms with Crippen molar-refractivity contribution >= 4 is 45.7 Å². The number of cyclic esters (lactones) is 1. The number of fused-ring (bicyclic) bond motifs is 1. The van der Waals surface area contributed by atoms with Gasteiger partial charge in [0.25, 0.3) is 0 Å². The van der Waals surface area contributed by atoms with Crippen molar-refractivity contribution in [3.8, 4) is 5.88 Å². The number of hydrogen-bond acceptors (Lipinski definition) is 7. The highest BCUT2D eigenvalue weighted by Crippen LogP contribution is 2.33. The lowest BCUT2D eigenvalue weighted by molar-refractivity contribution is -0.119. The molecule has 0 aliphatic carbocycles. The summed E-state index contributed by atoms with van der Waals surface area (Å²) in [6, 6.07) is 18.8. The molecule has 10 nitrogen and oxygen atoms in total. The third-order valence-corrected chi connectivity index (χ3v) is 8.00. The number of anilines is 2. The molecular weight excluding hydrogens is 551 g/mol. The average Bonchev–Trinajstić information content (AvgIpc) is 3.58. The highest BCUT2D eigenvalue weighted by molar-refractivity contribution is 6.22. The molecule has 2 aliphatic heterocycles. The molecule has 3 aromatic carbocycles. The summed E-state index contributed by atoms with van der Waals surface area (Å²) in [4.78, 5) is 40.4. The first-order valence-corrected chi connectivity index (χ1v) is 14.2. The monoisotopic (exact) mass is 584 g/mol. The molecule has 2 amide bonds. The van der Waals surface area contributed by atoms with Crippen molar-refractivity contribution in [3.05, 3.63) is 83.7 Å². The summed E-state index contributed by atoms with van der Waals surface area (Å²) in [6.07, 6.45) is -0.398. The molecule has 4 aromatic rings. The third-order valence-electron chi connectivity index (χ3n) is 8.00. The second-order valence-electron chi connectivity index (χ2n) is 10.9. The number of aromatic nitrogens is 1. The summed E-state index contributed by atoms with van der Waals surface area (Å²) in [5, 5.41) is 11.6. The van der Waals surface area contributed by atoms with Gasteiger partial charge in [0.1, 0.15) is 12.4 Å². The van der Waals surface area contributed by atoms with Gasteiger partial charge in [-0.1, -0.05) is 12.1 Å². The Morgan fingerprint density at radius 3 is 2.42 bits per heavy atom. The largest absolute Gasteiger partial charge is 0.494 e. The van der Waals surface area contributed by atoms with Gasteiger partial charge in [-0.2, -0.15) is 0 Å². The normalized spacial score (nSPS) is 16.6. The number of carbonyl (C=O) groups excluding carboxylic acids is 2. The summed E-state index contributed by atoms with van der Waals surface area (Å²) in [6.45, 7) is 4.78. The number of aromatic hydroxyl groups is 1. The topological polar surface area (TPSA) is 105 Å². The molecule has 0 unspecified atom stereocenters. The lowest BCUT2D eigenvalue weighted by Gasteiger charge is -2.32. The maximum Gasteiger partial charge on any atom is 0.414 e. The quantitative estimate of drug-likeness (QED) is 0.313. The number of carbonyl (C=O) groups is 2. The van der Waals surface area contributed by atoms with Crippen molar-refractivity contribution in [1.82, 2.24) is 14.8 Å². The zero-order valence-corrected chi connectivity index (χ0v) is 24.1. The second-order valence-corrected chi connectivity index (χ2v) is 10.9. The number of piperazine rings is 1. The van der Waals surface area contributed by atoms with Crippen LogP contribution in [0.1, 0.15) is 11.1 Å². The summed E-state index contributed by atoms with van der Waals surface area (Å²) in [7, 11) is 3.85. The van der Waals surface area contributed by atoms with Gasteiger partial charge in [0.15, 0.2) is 5.88 Å². The number of hydrogen-bond donors (Lipinski definition) is 2. The fourth-order valence-electron chi connectivity index (χ4n) is 5.41. The molecule has 3 heterocycles. The zero-order chi connectivity index (χ0) is 30.1. The van der Waals surface area contributed by atoms with Crippen molar-refractivity contribution in [3.63, 3.8) is 0 Å². The maximum absolute atomic E-state index is 14.0. The standard InChI is InChI=1S/C32H33FN6O4/c1-36-13-15-38(16-14-36)20-28(40)37(2)24-10-6-23(7-11-24)34-30(29-26-12-5-22(33)19-27(26)35-31(29)41)21-3-8-25(9-4-21)39-17-18-43-32(39)42/h3-12,19,35,41H,13-18,20H2,1-2H3. The molecule has 0 atom stereocenters. The summed E-state index contributed by atoms with van der Waals surface area (Å²) < 4.78 is 19.0. The number of nitrogens with zero attached hydrogens (tertiary/aromatic N) is 5. The molecule has 43 heavy (non-hydrogen) atoms. The Bertz CT molecular complexity index is 1680. The van der Waals surface area contributed by atoms with Crippen molar-refractivity contribution in [2.75, 3.05) is 69.8 Å². The number of ether oxygens (including phenoxy) is 1. The molecular formula is C32H33FN6O4. The number of likely N-dealkylation sites (N-methyl/N-ethyl adjacent to an activating group) is 2. The predicted octanol–water partition coefficient (Wildman–Crippen LogP) is 4.35. The number of H-pyrrole nitrogens is 1. The minimum absolute atomic E-state index is 0.0133.